The van der Waals surface area contributed by atoms with Gasteiger partial charge in [0.2, 0.25) is 0 Å². The van der Waals surface area contributed by atoms with Crippen molar-refractivity contribution >= 4 is 5.78 Å². The van der Waals surface area contributed by atoms with E-state index in [1.165, 1.54) is 6.42 Å². The van der Waals surface area contributed by atoms with Crippen LogP contribution in [0.2, 0.25) is 0 Å². The van der Waals surface area contributed by atoms with Crippen LogP contribution in [-0.2, 0) is 9.53 Å². The zero-order valence-electron chi connectivity index (χ0n) is 8.88. The first-order valence-electron chi connectivity index (χ1n) is 5.19. The second kappa shape index (κ2) is 4.75. The second-order valence-corrected chi connectivity index (χ2v) is 4.55. The van der Waals surface area contributed by atoms with Crippen LogP contribution in [0.5, 0.6) is 0 Å². The van der Waals surface area contributed by atoms with Crippen LogP contribution in [0.4, 0.5) is 0 Å². The normalized spacial score (nSPS) is 34.5. The van der Waals surface area contributed by atoms with Gasteiger partial charge < -0.3 is 4.74 Å². The number of carbonyl (C=O) groups excluding carboxylic acids is 1. The predicted octanol–water partition coefficient (Wildman–Crippen LogP) is 2.42. The standard InChI is InChI=1S/C11H20O2/c1-8-4-9(2)6-11(5-8)13-7-10(3)12/h8-9,11H,4-7H2,1-3H3. The van der Waals surface area contributed by atoms with Crippen molar-refractivity contribution in [1.82, 2.24) is 0 Å². The molecule has 0 aromatic carbocycles. The van der Waals surface area contributed by atoms with E-state index in [0.29, 0.717) is 12.7 Å². The summed E-state index contributed by atoms with van der Waals surface area (Å²) >= 11 is 0. The van der Waals surface area contributed by atoms with E-state index < -0.39 is 0 Å². The van der Waals surface area contributed by atoms with E-state index >= 15 is 0 Å². The summed E-state index contributed by atoms with van der Waals surface area (Å²) < 4.78 is 5.54. The third-order valence-electron chi connectivity index (χ3n) is 2.66. The fraction of sp³-hybridized carbons (Fsp3) is 0.909. The number of ether oxygens (including phenoxy) is 1. The van der Waals surface area contributed by atoms with Crippen LogP contribution < -0.4 is 0 Å². The van der Waals surface area contributed by atoms with Crippen LogP contribution in [0.25, 0.3) is 0 Å². The van der Waals surface area contributed by atoms with Crippen LogP contribution in [0.3, 0.4) is 0 Å². The summed E-state index contributed by atoms with van der Waals surface area (Å²) in [4.78, 5) is 10.7. The first-order chi connectivity index (χ1) is 6.08. The lowest BCUT2D eigenvalue weighted by atomic mass is 9.82. The summed E-state index contributed by atoms with van der Waals surface area (Å²) in [5.41, 5.74) is 0. The number of ketones is 1. The molecule has 1 fully saturated rings. The molecule has 0 aromatic rings. The van der Waals surface area contributed by atoms with Crippen LogP contribution in [0.15, 0.2) is 0 Å². The Morgan fingerprint density at radius 2 is 1.77 bits per heavy atom. The molecule has 1 aliphatic rings. The van der Waals surface area contributed by atoms with E-state index in [2.05, 4.69) is 13.8 Å². The van der Waals surface area contributed by atoms with Gasteiger partial charge in [0.15, 0.2) is 5.78 Å². The van der Waals surface area contributed by atoms with Crippen molar-refractivity contribution in [2.45, 2.75) is 46.1 Å². The molecular formula is C11H20O2. The summed E-state index contributed by atoms with van der Waals surface area (Å²) in [6, 6.07) is 0. The molecule has 2 unspecified atom stereocenters. The molecule has 2 heteroatoms. The van der Waals surface area contributed by atoms with Gasteiger partial charge in [-0.1, -0.05) is 13.8 Å². The van der Waals surface area contributed by atoms with Gasteiger partial charge in [0.1, 0.15) is 6.61 Å². The van der Waals surface area contributed by atoms with E-state index in [0.717, 1.165) is 24.7 Å². The van der Waals surface area contributed by atoms with E-state index in [1.54, 1.807) is 6.92 Å². The zero-order valence-corrected chi connectivity index (χ0v) is 8.88. The number of rotatable bonds is 3. The summed E-state index contributed by atoms with van der Waals surface area (Å²) in [5, 5.41) is 0. The lowest BCUT2D eigenvalue weighted by molar-refractivity contribution is -0.124. The maximum atomic E-state index is 10.7. The van der Waals surface area contributed by atoms with Gasteiger partial charge in [-0.2, -0.15) is 0 Å². The van der Waals surface area contributed by atoms with Gasteiger partial charge in [-0.05, 0) is 38.0 Å². The molecule has 0 aromatic heterocycles. The highest BCUT2D eigenvalue weighted by Crippen LogP contribution is 2.30. The molecule has 0 saturated heterocycles. The molecule has 2 atom stereocenters. The molecule has 0 heterocycles. The predicted molar refractivity (Wildman–Crippen MR) is 52.6 cm³/mol. The number of carbonyl (C=O) groups is 1. The van der Waals surface area contributed by atoms with Gasteiger partial charge in [-0.15, -0.1) is 0 Å². The molecule has 1 aliphatic carbocycles. The lowest BCUT2D eigenvalue weighted by Crippen LogP contribution is -2.27. The smallest absolute Gasteiger partial charge is 0.155 e. The molecule has 13 heavy (non-hydrogen) atoms. The van der Waals surface area contributed by atoms with Crippen molar-refractivity contribution in [3.63, 3.8) is 0 Å². The van der Waals surface area contributed by atoms with Crippen molar-refractivity contribution in [2.75, 3.05) is 6.61 Å². The molecule has 0 radical (unpaired) electrons. The van der Waals surface area contributed by atoms with E-state index in [-0.39, 0.29) is 5.78 Å². The maximum absolute atomic E-state index is 10.7. The van der Waals surface area contributed by atoms with Crippen molar-refractivity contribution < 1.29 is 9.53 Å². The molecule has 1 rings (SSSR count). The Hall–Kier alpha value is -0.370. The maximum Gasteiger partial charge on any atom is 0.155 e. The average Bonchev–Trinajstić information content (AvgIpc) is 1.99. The summed E-state index contributed by atoms with van der Waals surface area (Å²) in [6.07, 6.45) is 3.87. The Balaban J connectivity index is 2.28. The van der Waals surface area contributed by atoms with Crippen molar-refractivity contribution in [1.29, 1.82) is 0 Å². The third kappa shape index (κ3) is 3.90. The Morgan fingerprint density at radius 1 is 1.23 bits per heavy atom. The van der Waals surface area contributed by atoms with Crippen LogP contribution >= 0.6 is 0 Å². The molecule has 0 spiro atoms. The van der Waals surface area contributed by atoms with E-state index in [1.807, 2.05) is 0 Å². The SMILES string of the molecule is CC(=O)COC1CC(C)CC(C)C1. The minimum Gasteiger partial charge on any atom is -0.370 e. The monoisotopic (exact) mass is 184 g/mol. The minimum atomic E-state index is 0.130. The van der Waals surface area contributed by atoms with Gasteiger partial charge in [0.05, 0.1) is 6.10 Å². The van der Waals surface area contributed by atoms with Gasteiger partial charge in [0, 0.05) is 0 Å². The quantitative estimate of drug-likeness (QED) is 0.673. The van der Waals surface area contributed by atoms with Crippen LogP contribution in [0.1, 0.15) is 40.0 Å². The van der Waals surface area contributed by atoms with Gasteiger partial charge in [0.25, 0.3) is 0 Å². The Labute approximate surface area is 80.7 Å². The molecule has 1 saturated carbocycles. The van der Waals surface area contributed by atoms with Gasteiger partial charge in [-0.25, -0.2) is 0 Å². The Kier molecular flexibility index (Phi) is 3.91. The lowest BCUT2D eigenvalue weighted by Gasteiger charge is -2.31. The van der Waals surface area contributed by atoms with Crippen LogP contribution in [-0.4, -0.2) is 18.5 Å². The Morgan fingerprint density at radius 3 is 2.23 bits per heavy atom. The largest absolute Gasteiger partial charge is 0.370 e. The molecule has 0 N–H and O–H groups in total. The minimum absolute atomic E-state index is 0.130. The van der Waals surface area contributed by atoms with Crippen molar-refractivity contribution in [3.8, 4) is 0 Å². The average molecular weight is 184 g/mol. The summed E-state index contributed by atoms with van der Waals surface area (Å²) in [5.74, 6) is 1.63. The molecule has 0 bridgehead atoms. The topological polar surface area (TPSA) is 26.3 Å². The number of Topliss-reactive ketones (excluding diaryl/α,β-unsaturated/α-hetero) is 1. The molecule has 2 nitrogen and oxygen atoms in total. The summed E-state index contributed by atoms with van der Waals surface area (Å²) in [7, 11) is 0. The molecule has 76 valence electrons. The van der Waals surface area contributed by atoms with Crippen LogP contribution in [0, 0.1) is 11.8 Å². The molecular weight excluding hydrogens is 164 g/mol. The molecule has 0 amide bonds. The highest BCUT2D eigenvalue weighted by Gasteiger charge is 2.24. The molecule has 0 aliphatic heterocycles. The number of hydrogen-bond acceptors (Lipinski definition) is 2. The highest BCUT2D eigenvalue weighted by atomic mass is 16.5. The second-order valence-electron chi connectivity index (χ2n) is 4.55. The van der Waals surface area contributed by atoms with Crippen molar-refractivity contribution in [2.24, 2.45) is 11.8 Å². The van der Waals surface area contributed by atoms with E-state index in [9.17, 15) is 4.79 Å². The van der Waals surface area contributed by atoms with E-state index in [4.69, 9.17) is 4.74 Å². The fourth-order valence-corrected chi connectivity index (χ4v) is 2.24. The van der Waals surface area contributed by atoms with Gasteiger partial charge >= 0.3 is 0 Å². The highest BCUT2D eigenvalue weighted by molar-refractivity contribution is 5.76. The van der Waals surface area contributed by atoms with Crippen molar-refractivity contribution in [3.05, 3.63) is 0 Å². The first kappa shape index (κ1) is 10.7. The zero-order chi connectivity index (χ0) is 9.84. The van der Waals surface area contributed by atoms with Gasteiger partial charge in [-0.3, -0.25) is 4.79 Å². The number of hydrogen-bond donors (Lipinski definition) is 0. The fourth-order valence-electron chi connectivity index (χ4n) is 2.24. The first-order valence-corrected chi connectivity index (χ1v) is 5.19. The Bertz CT molecular complexity index is 167. The third-order valence-corrected chi connectivity index (χ3v) is 2.66. The summed E-state index contributed by atoms with van der Waals surface area (Å²) in [6.45, 7) is 6.40.